The van der Waals surface area contributed by atoms with E-state index in [1.54, 1.807) is 4.90 Å². The maximum absolute atomic E-state index is 11.7. The van der Waals surface area contributed by atoms with Crippen LogP contribution in [0.5, 0.6) is 0 Å². The number of anilines is 1. The number of hydrogen-bond acceptors (Lipinski definition) is 2. The molecule has 1 N–H and O–H groups in total. The number of nitrogens with zero attached hydrogens (tertiary/aromatic N) is 1. The summed E-state index contributed by atoms with van der Waals surface area (Å²) in [5.41, 5.74) is 3.76. The standard InChI is InChI=1S/C16H24N2O/c1-11(2)14(10-17-3)12-5-7-15-13(9-12)6-8-16(19)18(15)4/h5,7,9,11,14,17H,6,8,10H2,1-4H3. The molecule has 1 unspecified atom stereocenters. The predicted octanol–water partition coefficient (Wildman–Crippen LogP) is 2.55. The molecule has 104 valence electrons. The Morgan fingerprint density at radius 2 is 2.05 bits per heavy atom. The van der Waals surface area contributed by atoms with E-state index in [0.29, 0.717) is 18.3 Å². The summed E-state index contributed by atoms with van der Waals surface area (Å²) in [5, 5.41) is 3.28. The van der Waals surface area contributed by atoms with Gasteiger partial charge in [0.15, 0.2) is 0 Å². The lowest BCUT2D eigenvalue weighted by atomic mass is 9.86. The van der Waals surface area contributed by atoms with Crippen LogP contribution in [0.4, 0.5) is 5.69 Å². The number of rotatable bonds is 4. The molecule has 0 radical (unpaired) electrons. The summed E-state index contributed by atoms with van der Waals surface area (Å²) in [4.78, 5) is 13.5. The van der Waals surface area contributed by atoms with E-state index in [2.05, 4.69) is 37.4 Å². The lowest BCUT2D eigenvalue weighted by Crippen LogP contribution is -2.31. The molecule has 0 saturated heterocycles. The molecule has 1 heterocycles. The first-order chi connectivity index (χ1) is 9.04. The molecule has 3 heteroatoms. The largest absolute Gasteiger partial charge is 0.319 e. The normalized spacial score (nSPS) is 16.7. The van der Waals surface area contributed by atoms with Gasteiger partial charge in [-0.15, -0.1) is 0 Å². The van der Waals surface area contributed by atoms with Crippen molar-refractivity contribution in [3.63, 3.8) is 0 Å². The monoisotopic (exact) mass is 260 g/mol. The van der Waals surface area contributed by atoms with Gasteiger partial charge in [0.05, 0.1) is 0 Å². The van der Waals surface area contributed by atoms with Crippen molar-refractivity contribution in [2.75, 3.05) is 25.5 Å². The summed E-state index contributed by atoms with van der Waals surface area (Å²) in [5.74, 6) is 1.35. The number of likely N-dealkylation sites (N-methyl/N-ethyl adjacent to an activating group) is 1. The Morgan fingerprint density at radius 3 is 2.68 bits per heavy atom. The highest BCUT2D eigenvalue weighted by Gasteiger charge is 2.23. The number of amides is 1. The Labute approximate surface area is 116 Å². The molecule has 0 bridgehead atoms. The Balaban J connectivity index is 2.32. The summed E-state index contributed by atoms with van der Waals surface area (Å²) >= 11 is 0. The molecule has 1 aromatic carbocycles. The highest BCUT2D eigenvalue weighted by molar-refractivity contribution is 5.95. The maximum Gasteiger partial charge on any atom is 0.227 e. The summed E-state index contributed by atoms with van der Waals surface area (Å²) < 4.78 is 0. The number of carbonyl (C=O) groups is 1. The minimum Gasteiger partial charge on any atom is -0.319 e. The molecule has 0 saturated carbocycles. The Hall–Kier alpha value is -1.35. The molecule has 1 atom stereocenters. The molecule has 1 amide bonds. The van der Waals surface area contributed by atoms with Crippen LogP contribution in [-0.4, -0.2) is 26.5 Å². The van der Waals surface area contributed by atoms with Gasteiger partial charge in [-0.25, -0.2) is 0 Å². The first kappa shape index (κ1) is 14.1. The SMILES string of the molecule is CNCC(c1ccc2c(c1)CCC(=O)N2C)C(C)C. The van der Waals surface area contributed by atoms with Crippen LogP contribution < -0.4 is 10.2 Å². The molecule has 2 rings (SSSR count). The van der Waals surface area contributed by atoms with Crippen molar-refractivity contribution in [2.24, 2.45) is 5.92 Å². The van der Waals surface area contributed by atoms with Crippen molar-refractivity contribution in [2.45, 2.75) is 32.6 Å². The van der Waals surface area contributed by atoms with E-state index in [4.69, 9.17) is 0 Å². The molecular weight excluding hydrogens is 236 g/mol. The number of fused-ring (bicyclic) bond motifs is 1. The van der Waals surface area contributed by atoms with E-state index < -0.39 is 0 Å². The van der Waals surface area contributed by atoms with Crippen LogP contribution in [0, 0.1) is 5.92 Å². The van der Waals surface area contributed by atoms with Crippen LogP contribution in [0.15, 0.2) is 18.2 Å². The first-order valence-corrected chi connectivity index (χ1v) is 7.08. The van der Waals surface area contributed by atoms with Crippen molar-refractivity contribution >= 4 is 11.6 Å². The number of carbonyl (C=O) groups excluding carboxylic acids is 1. The van der Waals surface area contributed by atoms with Gasteiger partial charge in [0.2, 0.25) is 5.91 Å². The van der Waals surface area contributed by atoms with Gasteiger partial charge >= 0.3 is 0 Å². The van der Waals surface area contributed by atoms with E-state index >= 15 is 0 Å². The fraction of sp³-hybridized carbons (Fsp3) is 0.562. The molecule has 1 aliphatic heterocycles. The zero-order chi connectivity index (χ0) is 14.0. The van der Waals surface area contributed by atoms with Crippen LogP contribution in [0.2, 0.25) is 0 Å². The second-order valence-electron chi connectivity index (χ2n) is 5.75. The number of hydrogen-bond donors (Lipinski definition) is 1. The highest BCUT2D eigenvalue weighted by Crippen LogP contribution is 2.32. The quantitative estimate of drug-likeness (QED) is 0.902. The number of aryl methyl sites for hydroxylation is 1. The zero-order valence-electron chi connectivity index (χ0n) is 12.4. The lowest BCUT2D eigenvalue weighted by Gasteiger charge is -2.28. The van der Waals surface area contributed by atoms with Gasteiger partial charge in [-0.1, -0.05) is 26.0 Å². The summed E-state index contributed by atoms with van der Waals surface area (Å²) in [6.45, 7) is 5.51. The minimum absolute atomic E-state index is 0.218. The van der Waals surface area contributed by atoms with Gasteiger partial charge < -0.3 is 10.2 Å². The van der Waals surface area contributed by atoms with Gasteiger partial charge in [-0.2, -0.15) is 0 Å². The van der Waals surface area contributed by atoms with Crippen molar-refractivity contribution in [1.82, 2.24) is 5.32 Å². The van der Waals surface area contributed by atoms with Gasteiger partial charge in [0, 0.05) is 25.7 Å². The van der Waals surface area contributed by atoms with Crippen LogP contribution in [0.3, 0.4) is 0 Å². The molecular formula is C16H24N2O. The van der Waals surface area contributed by atoms with E-state index in [1.165, 1.54) is 11.1 Å². The number of nitrogens with one attached hydrogen (secondary N) is 1. The van der Waals surface area contributed by atoms with Gasteiger partial charge in [-0.05, 0) is 42.5 Å². The molecule has 0 aliphatic carbocycles. The fourth-order valence-corrected chi connectivity index (χ4v) is 2.87. The highest BCUT2D eigenvalue weighted by atomic mass is 16.2. The van der Waals surface area contributed by atoms with Crippen LogP contribution in [0.25, 0.3) is 0 Å². The van der Waals surface area contributed by atoms with Crippen molar-refractivity contribution < 1.29 is 4.79 Å². The second kappa shape index (κ2) is 5.74. The summed E-state index contributed by atoms with van der Waals surface area (Å²) in [6, 6.07) is 6.57. The molecule has 1 aliphatic rings. The average Bonchev–Trinajstić information content (AvgIpc) is 2.39. The van der Waals surface area contributed by atoms with Gasteiger partial charge in [0.1, 0.15) is 0 Å². The van der Waals surface area contributed by atoms with Crippen LogP contribution >= 0.6 is 0 Å². The van der Waals surface area contributed by atoms with Crippen LogP contribution in [0.1, 0.15) is 37.3 Å². The van der Waals surface area contributed by atoms with E-state index in [0.717, 1.165) is 18.7 Å². The minimum atomic E-state index is 0.218. The van der Waals surface area contributed by atoms with E-state index in [9.17, 15) is 4.79 Å². The third kappa shape index (κ3) is 2.81. The van der Waals surface area contributed by atoms with Gasteiger partial charge in [-0.3, -0.25) is 4.79 Å². The molecule has 0 aromatic heterocycles. The van der Waals surface area contributed by atoms with Crippen molar-refractivity contribution in [1.29, 1.82) is 0 Å². The molecule has 3 nitrogen and oxygen atoms in total. The third-order valence-corrected chi connectivity index (χ3v) is 4.10. The van der Waals surface area contributed by atoms with E-state index in [-0.39, 0.29) is 5.91 Å². The molecule has 1 aromatic rings. The predicted molar refractivity (Wildman–Crippen MR) is 79.7 cm³/mol. The molecule has 0 fully saturated rings. The molecule has 0 spiro atoms. The summed E-state index contributed by atoms with van der Waals surface area (Å²) in [6.07, 6.45) is 1.50. The third-order valence-electron chi connectivity index (χ3n) is 4.10. The van der Waals surface area contributed by atoms with E-state index in [1.807, 2.05) is 14.1 Å². The van der Waals surface area contributed by atoms with Crippen LogP contribution in [-0.2, 0) is 11.2 Å². The molecule has 19 heavy (non-hydrogen) atoms. The first-order valence-electron chi connectivity index (χ1n) is 7.08. The Bertz CT molecular complexity index is 468. The fourth-order valence-electron chi connectivity index (χ4n) is 2.87. The zero-order valence-corrected chi connectivity index (χ0v) is 12.4. The van der Waals surface area contributed by atoms with Crippen molar-refractivity contribution in [3.05, 3.63) is 29.3 Å². The Morgan fingerprint density at radius 1 is 1.32 bits per heavy atom. The van der Waals surface area contributed by atoms with Gasteiger partial charge in [0.25, 0.3) is 0 Å². The lowest BCUT2D eigenvalue weighted by molar-refractivity contribution is -0.118. The van der Waals surface area contributed by atoms with Crippen molar-refractivity contribution in [3.8, 4) is 0 Å². The maximum atomic E-state index is 11.7. The average molecular weight is 260 g/mol. The summed E-state index contributed by atoms with van der Waals surface area (Å²) in [7, 11) is 3.87. The smallest absolute Gasteiger partial charge is 0.227 e. The Kier molecular flexibility index (Phi) is 4.25. The number of benzene rings is 1. The topological polar surface area (TPSA) is 32.3 Å². The second-order valence-corrected chi connectivity index (χ2v) is 5.75.